The van der Waals surface area contributed by atoms with E-state index in [-0.39, 0.29) is 0 Å². The molecule has 0 fully saturated rings. The minimum atomic E-state index is -3.67. The molecule has 0 aliphatic heterocycles. The highest BCUT2D eigenvalue weighted by atomic mass is 19.2. The molecule has 0 bridgehead atoms. The summed E-state index contributed by atoms with van der Waals surface area (Å²) < 4.78 is 114. The second kappa shape index (κ2) is 8.58. The van der Waals surface area contributed by atoms with Crippen LogP contribution in [0.4, 0.5) is 39.5 Å². The molecule has 10 heteroatoms. The van der Waals surface area contributed by atoms with Gasteiger partial charge in [0.05, 0.1) is 6.67 Å². The zero-order valence-electron chi connectivity index (χ0n) is 9.88. The van der Waals surface area contributed by atoms with Crippen LogP contribution in [0.1, 0.15) is 6.42 Å². The molecule has 0 rings (SSSR count). The minimum absolute atomic E-state index is 1.13. The van der Waals surface area contributed by atoms with Crippen LogP contribution in [0.5, 0.6) is 0 Å². The molecule has 0 aliphatic rings. The fraction of sp³-hybridized carbons (Fsp3) is 1.00. The molecule has 0 saturated carbocycles. The van der Waals surface area contributed by atoms with E-state index in [1.807, 2.05) is 0 Å². The maximum Gasteiger partial charge on any atom is 0.231 e. The number of aliphatic hydroxyl groups excluding tert-OH is 1. The second-order valence-corrected chi connectivity index (χ2v) is 4.03. The van der Waals surface area contributed by atoms with Crippen molar-refractivity contribution < 1.29 is 44.6 Å². The molecule has 122 valence electrons. The Kier molecular flexibility index (Phi) is 8.29. The van der Waals surface area contributed by atoms with Crippen molar-refractivity contribution in [3.05, 3.63) is 0 Å². The molecule has 0 aromatic rings. The van der Waals surface area contributed by atoms with Crippen LogP contribution in [-0.4, -0.2) is 61.3 Å². The number of rotatable bonds is 9. The molecule has 0 aromatic heterocycles. The van der Waals surface area contributed by atoms with Crippen molar-refractivity contribution >= 4 is 0 Å². The van der Waals surface area contributed by atoms with Gasteiger partial charge in [0.2, 0.25) is 6.36 Å². The van der Waals surface area contributed by atoms with Crippen LogP contribution >= 0.6 is 0 Å². The summed E-state index contributed by atoms with van der Waals surface area (Å²) >= 11 is 0. The van der Waals surface area contributed by atoms with Gasteiger partial charge in [-0.25, -0.2) is 35.1 Å². The third kappa shape index (κ3) is 5.02. The van der Waals surface area contributed by atoms with Gasteiger partial charge >= 0.3 is 0 Å². The molecular weight excluding hydrogens is 307 g/mol. The smallest absolute Gasteiger partial charge is 0.231 e. The van der Waals surface area contributed by atoms with Crippen LogP contribution in [0.2, 0.25) is 0 Å². The van der Waals surface area contributed by atoms with Crippen molar-refractivity contribution in [2.45, 2.75) is 56.0 Å². The predicted molar refractivity (Wildman–Crippen MR) is 52.0 cm³/mol. The van der Waals surface area contributed by atoms with Gasteiger partial charge < -0.3 is 5.11 Å². The first-order valence-electron chi connectivity index (χ1n) is 5.51. The first-order valence-corrected chi connectivity index (χ1v) is 5.51. The summed E-state index contributed by atoms with van der Waals surface area (Å²) in [5, 5.41) is 7.99. The number of aliphatic hydroxyl groups is 1. The van der Waals surface area contributed by atoms with E-state index in [2.05, 4.69) is 0 Å². The van der Waals surface area contributed by atoms with Crippen molar-refractivity contribution in [1.82, 2.24) is 0 Å². The Hall–Kier alpha value is -0.670. The first kappa shape index (κ1) is 19.3. The highest BCUT2D eigenvalue weighted by molar-refractivity contribution is 4.91. The van der Waals surface area contributed by atoms with Crippen LogP contribution in [0.25, 0.3) is 0 Å². The Morgan fingerprint density at radius 1 is 0.600 bits per heavy atom. The van der Waals surface area contributed by atoms with Crippen LogP contribution in [-0.2, 0) is 0 Å². The number of halogens is 9. The SMILES string of the molecule is OC(F)C(F)C(F)C(F)C(F)C(F)C(F)C(F)CCF. The maximum absolute atomic E-state index is 13.1. The monoisotopic (exact) mass is 320 g/mol. The summed E-state index contributed by atoms with van der Waals surface area (Å²) in [5.74, 6) is 0. The zero-order chi connectivity index (χ0) is 16.0. The Bertz CT molecular complexity index is 267. The number of alkyl halides is 9. The van der Waals surface area contributed by atoms with Gasteiger partial charge in [-0.15, -0.1) is 0 Å². The largest absolute Gasteiger partial charge is 0.362 e. The van der Waals surface area contributed by atoms with Gasteiger partial charge in [0, 0.05) is 6.42 Å². The van der Waals surface area contributed by atoms with Crippen LogP contribution in [0.3, 0.4) is 0 Å². The third-order valence-electron chi connectivity index (χ3n) is 2.51. The first-order chi connectivity index (χ1) is 9.14. The Balaban J connectivity index is 4.66. The van der Waals surface area contributed by atoms with E-state index in [1.165, 1.54) is 0 Å². The Labute approximate surface area is 108 Å². The molecule has 8 atom stereocenters. The summed E-state index contributed by atoms with van der Waals surface area (Å²) in [6, 6.07) is 0. The molecular formula is C10H13F9O. The normalized spacial score (nSPS) is 24.3. The topological polar surface area (TPSA) is 20.2 Å². The van der Waals surface area contributed by atoms with Gasteiger partial charge in [0.15, 0.2) is 37.0 Å². The van der Waals surface area contributed by atoms with Gasteiger partial charge in [0.1, 0.15) is 6.17 Å². The lowest BCUT2D eigenvalue weighted by Gasteiger charge is -2.25. The summed E-state index contributed by atoms with van der Waals surface area (Å²) in [6.07, 6.45) is -28.7. The van der Waals surface area contributed by atoms with E-state index in [4.69, 9.17) is 5.11 Å². The molecule has 20 heavy (non-hydrogen) atoms. The van der Waals surface area contributed by atoms with Crippen molar-refractivity contribution in [3.63, 3.8) is 0 Å². The zero-order valence-corrected chi connectivity index (χ0v) is 9.88. The molecule has 0 aromatic carbocycles. The van der Waals surface area contributed by atoms with Gasteiger partial charge in [-0.3, -0.25) is 4.39 Å². The number of hydrogen-bond acceptors (Lipinski definition) is 1. The lowest BCUT2D eigenvalue weighted by atomic mass is 9.98. The van der Waals surface area contributed by atoms with E-state index in [0.29, 0.717) is 0 Å². The summed E-state index contributed by atoms with van der Waals surface area (Å²) in [7, 11) is 0. The highest BCUT2D eigenvalue weighted by Crippen LogP contribution is 2.27. The summed E-state index contributed by atoms with van der Waals surface area (Å²) in [4.78, 5) is 0. The Morgan fingerprint density at radius 3 is 1.30 bits per heavy atom. The minimum Gasteiger partial charge on any atom is -0.362 e. The fourth-order valence-electron chi connectivity index (χ4n) is 1.32. The maximum atomic E-state index is 13.1. The van der Waals surface area contributed by atoms with Gasteiger partial charge in [-0.1, -0.05) is 0 Å². The van der Waals surface area contributed by atoms with Crippen LogP contribution < -0.4 is 0 Å². The van der Waals surface area contributed by atoms with Gasteiger partial charge in [-0.2, -0.15) is 0 Å². The molecule has 0 heterocycles. The van der Waals surface area contributed by atoms with Crippen LogP contribution in [0.15, 0.2) is 0 Å². The van der Waals surface area contributed by atoms with Crippen molar-refractivity contribution in [1.29, 1.82) is 0 Å². The highest BCUT2D eigenvalue weighted by Gasteiger charge is 2.46. The average Bonchev–Trinajstić information content (AvgIpc) is 2.42. The molecule has 1 nitrogen and oxygen atoms in total. The van der Waals surface area contributed by atoms with E-state index in [0.717, 1.165) is 0 Å². The number of hydrogen-bond donors (Lipinski definition) is 1. The summed E-state index contributed by atoms with van der Waals surface area (Å²) in [5.41, 5.74) is 0. The van der Waals surface area contributed by atoms with Crippen LogP contribution in [0, 0.1) is 0 Å². The average molecular weight is 320 g/mol. The summed E-state index contributed by atoms with van der Waals surface area (Å²) in [6.45, 7) is -1.39. The molecule has 0 amide bonds. The van der Waals surface area contributed by atoms with Crippen molar-refractivity contribution in [2.24, 2.45) is 0 Å². The fourth-order valence-corrected chi connectivity index (χ4v) is 1.32. The van der Waals surface area contributed by atoms with Crippen molar-refractivity contribution in [3.8, 4) is 0 Å². The molecule has 0 spiro atoms. The molecule has 0 aliphatic carbocycles. The second-order valence-electron chi connectivity index (χ2n) is 4.03. The van der Waals surface area contributed by atoms with E-state index in [9.17, 15) is 39.5 Å². The van der Waals surface area contributed by atoms with E-state index < -0.39 is 62.7 Å². The molecule has 0 saturated heterocycles. The molecule has 8 unspecified atom stereocenters. The van der Waals surface area contributed by atoms with E-state index >= 15 is 0 Å². The standard InChI is InChI=1S/C10H13F9O/c11-2-1-3(12)4(13)5(14)6(15)7(16)8(17)9(18)10(19)20/h3-10,20H,1-2H2. The predicted octanol–water partition coefficient (Wildman–Crippen LogP) is 3.00. The van der Waals surface area contributed by atoms with Crippen molar-refractivity contribution in [2.75, 3.05) is 6.67 Å². The lowest BCUT2D eigenvalue weighted by molar-refractivity contribution is -0.0932. The lowest BCUT2D eigenvalue weighted by Crippen LogP contribution is -2.46. The third-order valence-corrected chi connectivity index (χ3v) is 2.51. The van der Waals surface area contributed by atoms with Gasteiger partial charge in [-0.05, 0) is 0 Å². The molecule has 1 N–H and O–H groups in total. The van der Waals surface area contributed by atoms with E-state index in [1.54, 1.807) is 0 Å². The van der Waals surface area contributed by atoms with Gasteiger partial charge in [0.25, 0.3) is 0 Å². The Morgan fingerprint density at radius 2 is 0.950 bits per heavy atom. The quantitative estimate of drug-likeness (QED) is 0.648. The molecule has 0 radical (unpaired) electrons.